The van der Waals surface area contributed by atoms with E-state index in [0.717, 1.165) is 6.07 Å². The largest absolute Gasteiger partial charge is 0.285 e. The fourth-order valence-electron chi connectivity index (χ4n) is 0.925. The van der Waals surface area contributed by atoms with Crippen LogP contribution < -0.4 is 0 Å². The third-order valence-electron chi connectivity index (χ3n) is 1.53. The van der Waals surface area contributed by atoms with Crippen molar-refractivity contribution in [1.82, 2.24) is 0 Å². The van der Waals surface area contributed by atoms with Gasteiger partial charge in [0.2, 0.25) is 0 Å². The molecule has 0 unspecified atom stereocenters. The molecule has 0 aromatic heterocycles. The lowest BCUT2D eigenvalue weighted by Crippen LogP contribution is -1.94. The number of halogens is 3. The van der Waals surface area contributed by atoms with Crippen LogP contribution in [0.2, 0.25) is 5.02 Å². The smallest absolute Gasteiger partial charge is 0.258 e. The van der Waals surface area contributed by atoms with Crippen molar-refractivity contribution in [3.05, 3.63) is 33.1 Å². The van der Waals surface area contributed by atoms with Crippen LogP contribution in [0.1, 0.15) is 0 Å². The highest BCUT2D eigenvalue weighted by Gasteiger charge is 2.17. The van der Waals surface area contributed by atoms with Crippen LogP contribution >= 0.6 is 35.0 Å². The van der Waals surface area contributed by atoms with Gasteiger partial charge in [0.05, 0.1) is 20.9 Å². The molecule has 0 bridgehead atoms. The Bertz CT molecular complexity index is 389. The van der Waals surface area contributed by atoms with Crippen LogP contribution in [-0.4, -0.2) is 16.6 Å². The third kappa shape index (κ3) is 3.22. The molecule has 0 spiro atoms. The van der Waals surface area contributed by atoms with Gasteiger partial charge in [-0.3, -0.25) is 10.1 Å². The van der Waals surface area contributed by atoms with Gasteiger partial charge in [-0.25, -0.2) is 4.39 Å². The predicted molar refractivity (Wildman–Crippen MR) is 59.5 cm³/mol. The van der Waals surface area contributed by atoms with E-state index in [0.29, 0.717) is 16.5 Å². The van der Waals surface area contributed by atoms with Crippen molar-refractivity contribution in [1.29, 1.82) is 0 Å². The molecule has 0 N–H and O–H groups in total. The zero-order chi connectivity index (χ0) is 11.4. The Balaban J connectivity index is 3.10. The molecule has 0 atom stereocenters. The maximum atomic E-state index is 13.0. The summed E-state index contributed by atoms with van der Waals surface area (Å²) in [6, 6.07) is 2.06. The molecule has 0 aliphatic heterocycles. The van der Waals surface area contributed by atoms with Crippen LogP contribution in [-0.2, 0) is 0 Å². The number of thioether (sulfide) groups is 1. The minimum absolute atomic E-state index is 0.127. The SMILES string of the molecule is O=[N+]([O-])c1cc(F)c(Cl)cc1SCCCl. The molecular formula is C8H6Cl2FNO2S. The predicted octanol–water partition coefficient (Wildman–Crippen LogP) is 3.72. The van der Waals surface area contributed by atoms with Crippen molar-refractivity contribution in [2.45, 2.75) is 4.90 Å². The molecule has 0 aliphatic carbocycles. The van der Waals surface area contributed by atoms with Crippen LogP contribution in [0.5, 0.6) is 0 Å². The maximum absolute atomic E-state index is 13.0. The third-order valence-corrected chi connectivity index (χ3v) is 3.28. The first-order valence-electron chi connectivity index (χ1n) is 3.88. The Labute approximate surface area is 99.7 Å². The summed E-state index contributed by atoms with van der Waals surface area (Å²) in [5, 5.41) is 10.5. The molecule has 0 saturated heterocycles. The van der Waals surface area contributed by atoms with Crippen molar-refractivity contribution >= 4 is 40.7 Å². The molecule has 0 saturated carbocycles. The highest BCUT2D eigenvalue weighted by atomic mass is 35.5. The van der Waals surface area contributed by atoms with Gasteiger partial charge in [0, 0.05) is 11.6 Å². The molecular weight excluding hydrogens is 264 g/mol. The molecule has 7 heteroatoms. The lowest BCUT2D eigenvalue weighted by molar-refractivity contribution is -0.387. The second-order valence-electron chi connectivity index (χ2n) is 2.53. The molecule has 1 rings (SSSR count). The standard InChI is InChI=1S/C8H6Cl2FNO2S/c9-1-2-15-8-3-5(10)6(11)4-7(8)12(13)14/h3-4H,1-2H2. The average molecular weight is 270 g/mol. The Hall–Kier alpha value is -0.520. The Morgan fingerprint density at radius 1 is 1.53 bits per heavy atom. The van der Waals surface area contributed by atoms with Gasteiger partial charge in [-0.2, -0.15) is 0 Å². The molecule has 15 heavy (non-hydrogen) atoms. The van der Waals surface area contributed by atoms with Gasteiger partial charge in [0.25, 0.3) is 5.69 Å². The molecule has 1 aromatic carbocycles. The summed E-state index contributed by atoms with van der Waals surface area (Å²) in [6.45, 7) is 0. The highest BCUT2D eigenvalue weighted by molar-refractivity contribution is 7.99. The summed E-state index contributed by atoms with van der Waals surface area (Å²) >= 11 is 12.2. The van der Waals surface area contributed by atoms with Gasteiger partial charge in [0.15, 0.2) is 0 Å². The Morgan fingerprint density at radius 3 is 2.73 bits per heavy atom. The number of nitro groups is 1. The van der Waals surface area contributed by atoms with Crippen molar-refractivity contribution in [3.63, 3.8) is 0 Å². The summed E-state index contributed by atoms with van der Waals surface area (Å²) in [5.41, 5.74) is -0.285. The van der Waals surface area contributed by atoms with E-state index in [1.807, 2.05) is 0 Å². The van der Waals surface area contributed by atoms with Gasteiger partial charge in [-0.15, -0.1) is 23.4 Å². The lowest BCUT2D eigenvalue weighted by atomic mass is 10.3. The Kier molecular flexibility index (Phi) is 4.63. The number of benzene rings is 1. The summed E-state index contributed by atoms with van der Waals surface area (Å²) in [6.07, 6.45) is 0. The number of alkyl halides is 1. The number of rotatable bonds is 4. The molecule has 1 aromatic rings. The van der Waals surface area contributed by atoms with E-state index in [9.17, 15) is 14.5 Å². The van der Waals surface area contributed by atoms with Crippen LogP contribution in [0.25, 0.3) is 0 Å². The fourth-order valence-corrected chi connectivity index (χ4v) is 2.16. The molecule has 0 amide bonds. The van der Waals surface area contributed by atoms with E-state index in [4.69, 9.17) is 23.2 Å². The van der Waals surface area contributed by atoms with E-state index >= 15 is 0 Å². The molecule has 82 valence electrons. The first kappa shape index (κ1) is 12.5. The second-order valence-corrected chi connectivity index (χ2v) is 4.45. The minimum atomic E-state index is -0.793. The van der Waals surface area contributed by atoms with E-state index in [2.05, 4.69) is 0 Å². The number of nitrogens with zero attached hydrogens (tertiary/aromatic N) is 1. The second kappa shape index (κ2) is 5.53. The maximum Gasteiger partial charge on any atom is 0.285 e. The van der Waals surface area contributed by atoms with Crippen LogP contribution in [0.4, 0.5) is 10.1 Å². The van der Waals surface area contributed by atoms with Gasteiger partial charge >= 0.3 is 0 Å². The fraction of sp³-hybridized carbons (Fsp3) is 0.250. The van der Waals surface area contributed by atoms with Crippen LogP contribution in [0.15, 0.2) is 17.0 Å². The van der Waals surface area contributed by atoms with E-state index in [1.54, 1.807) is 0 Å². The van der Waals surface area contributed by atoms with E-state index in [-0.39, 0.29) is 10.7 Å². The van der Waals surface area contributed by atoms with Gasteiger partial charge in [-0.05, 0) is 6.07 Å². The average Bonchev–Trinajstić information content (AvgIpc) is 2.19. The van der Waals surface area contributed by atoms with Crippen LogP contribution in [0.3, 0.4) is 0 Å². The minimum Gasteiger partial charge on any atom is -0.258 e. The summed E-state index contributed by atoms with van der Waals surface area (Å²) in [5.74, 6) is 0.0693. The van der Waals surface area contributed by atoms with E-state index in [1.165, 1.54) is 17.8 Å². The zero-order valence-corrected chi connectivity index (χ0v) is 9.70. The highest BCUT2D eigenvalue weighted by Crippen LogP contribution is 2.33. The molecule has 0 radical (unpaired) electrons. The van der Waals surface area contributed by atoms with Crippen molar-refractivity contribution in [2.75, 3.05) is 11.6 Å². The number of nitro benzene ring substituents is 1. The Morgan fingerprint density at radius 2 is 2.20 bits per heavy atom. The lowest BCUT2D eigenvalue weighted by Gasteiger charge is -2.02. The molecule has 3 nitrogen and oxygen atoms in total. The van der Waals surface area contributed by atoms with Crippen molar-refractivity contribution in [3.8, 4) is 0 Å². The van der Waals surface area contributed by atoms with Gasteiger partial charge in [-0.1, -0.05) is 11.6 Å². The first-order chi connectivity index (χ1) is 7.06. The monoisotopic (exact) mass is 269 g/mol. The summed E-state index contributed by atoms with van der Waals surface area (Å²) in [7, 11) is 0. The summed E-state index contributed by atoms with van der Waals surface area (Å²) in [4.78, 5) is 10.3. The number of hydrogen-bond acceptors (Lipinski definition) is 3. The van der Waals surface area contributed by atoms with Crippen molar-refractivity contribution in [2.24, 2.45) is 0 Å². The van der Waals surface area contributed by atoms with E-state index < -0.39 is 10.7 Å². The first-order valence-corrected chi connectivity index (χ1v) is 5.78. The molecule has 0 aliphatic rings. The van der Waals surface area contributed by atoms with Crippen molar-refractivity contribution < 1.29 is 9.31 Å². The normalized spacial score (nSPS) is 10.3. The zero-order valence-electron chi connectivity index (χ0n) is 7.37. The van der Waals surface area contributed by atoms with Crippen LogP contribution in [0, 0.1) is 15.9 Å². The number of hydrogen-bond donors (Lipinski definition) is 0. The quantitative estimate of drug-likeness (QED) is 0.362. The van der Waals surface area contributed by atoms with Gasteiger partial charge in [0.1, 0.15) is 5.82 Å². The summed E-state index contributed by atoms with van der Waals surface area (Å²) < 4.78 is 13.0. The molecule has 0 heterocycles. The molecule has 0 fully saturated rings. The van der Waals surface area contributed by atoms with Gasteiger partial charge < -0.3 is 0 Å². The topological polar surface area (TPSA) is 43.1 Å².